The summed E-state index contributed by atoms with van der Waals surface area (Å²) in [5.41, 5.74) is 1.57. The molecule has 1 N–H and O–H groups in total. The Bertz CT molecular complexity index is 1110. The highest BCUT2D eigenvalue weighted by Gasteiger charge is 2.33. The molecule has 2 aromatic carbocycles. The van der Waals surface area contributed by atoms with E-state index in [1.54, 1.807) is 24.3 Å². The number of hydrogen-bond donors (Lipinski definition) is 1. The van der Waals surface area contributed by atoms with Gasteiger partial charge in [-0.3, -0.25) is 9.59 Å². The van der Waals surface area contributed by atoms with Gasteiger partial charge in [-0.1, -0.05) is 49.6 Å². The Morgan fingerprint density at radius 3 is 2.23 bits per heavy atom. The third-order valence-corrected chi connectivity index (χ3v) is 8.26. The quantitative estimate of drug-likeness (QED) is 0.537. The molecule has 0 bridgehead atoms. The molecule has 1 aliphatic carbocycles. The second-order valence-electron chi connectivity index (χ2n) is 9.14. The lowest BCUT2D eigenvalue weighted by Gasteiger charge is -2.32. The number of carbonyl (C=O) groups excluding carboxylic acids is 2. The number of amides is 2. The Morgan fingerprint density at radius 2 is 1.66 bits per heavy atom. The van der Waals surface area contributed by atoms with Crippen molar-refractivity contribution in [3.63, 3.8) is 0 Å². The fraction of sp³-hybridized carbons (Fsp3) is 0.462. The molecule has 0 heterocycles. The molecule has 3 rings (SSSR count). The second-order valence-corrected chi connectivity index (χ2v) is 11.2. The summed E-state index contributed by atoms with van der Waals surface area (Å²) < 4.78 is 40.5. The molecule has 1 saturated carbocycles. The van der Waals surface area contributed by atoms with Gasteiger partial charge in [0.05, 0.1) is 11.4 Å². The van der Waals surface area contributed by atoms with E-state index in [4.69, 9.17) is 0 Å². The normalized spacial score (nSPS) is 15.2. The summed E-state index contributed by atoms with van der Waals surface area (Å²) in [6, 6.07) is 11.4. The third kappa shape index (κ3) is 6.89. The van der Waals surface area contributed by atoms with Crippen molar-refractivity contribution in [1.29, 1.82) is 0 Å². The molecular weight excluding hydrogens is 469 g/mol. The highest BCUT2D eigenvalue weighted by Crippen LogP contribution is 2.20. The van der Waals surface area contributed by atoms with Crippen LogP contribution in [0.3, 0.4) is 0 Å². The van der Waals surface area contributed by atoms with Gasteiger partial charge < -0.3 is 10.2 Å². The molecule has 2 aromatic rings. The zero-order valence-corrected chi connectivity index (χ0v) is 21.4. The first-order valence-corrected chi connectivity index (χ1v) is 13.4. The van der Waals surface area contributed by atoms with Gasteiger partial charge in [-0.15, -0.1) is 0 Å². The van der Waals surface area contributed by atoms with Crippen molar-refractivity contribution in [2.24, 2.45) is 0 Å². The fourth-order valence-corrected chi connectivity index (χ4v) is 5.45. The number of benzene rings is 2. The summed E-state index contributed by atoms with van der Waals surface area (Å²) in [5, 5.41) is 3.05. The molecule has 9 heteroatoms. The zero-order valence-electron chi connectivity index (χ0n) is 20.5. The number of sulfonamides is 1. The fourth-order valence-electron chi connectivity index (χ4n) is 4.33. The van der Waals surface area contributed by atoms with E-state index in [0.717, 1.165) is 35.6 Å². The SMILES string of the molecule is CCC(C(=O)NC1CCCC1)N(Cc1ccc(F)cc1)C(=O)CN(C)S(=O)(=O)c1ccc(C)cc1. The number of nitrogens with zero attached hydrogens (tertiary/aromatic N) is 2. The molecule has 1 atom stereocenters. The average Bonchev–Trinajstić information content (AvgIpc) is 3.33. The minimum absolute atomic E-state index is 0.0636. The lowest BCUT2D eigenvalue weighted by Crippen LogP contribution is -2.53. The van der Waals surface area contributed by atoms with Crippen LogP contribution >= 0.6 is 0 Å². The molecule has 1 fully saturated rings. The van der Waals surface area contributed by atoms with Crippen molar-refractivity contribution >= 4 is 21.8 Å². The van der Waals surface area contributed by atoms with Crippen LogP contribution in [0.25, 0.3) is 0 Å². The molecule has 0 aromatic heterocycles. The van der Waals surface area contributed by atoms with Crippen molar-refractivity contribution in [1.82, 2.24) is 14.5 Å². The van der Waals surface area contributed by atoms with Crippen LogP contribution in [-0.4, -0.2) is 55.1 Å². The minimum atomic E-state index is -3.90. The van der Waals surface area contributed by atoms with Gasteiger partial charge in [-0.2, -0.15) is 4.31 Å². The van der Waals surface area contributed by atoms with Crippen molar-refractivity contribution in [3.05, 3.63) is 65.5 Å². The summed E-state index contributed by atoms with van der Waals surface area (Å²) in [5.74, 6) is -1.15. The van der Waals surface area contributed by atoms with Crippen molar-refractivity contribution < 1.29 is 22.4 Å². The molecule has 2 amide bonds. The molecule has 1 aliphatic rings. The molecule has 1 unspecified atom stereocenters. The average molecular weight is 504 g/mol. The second kappa shape index (κ2) is 11.8. The molecule has 0 spiro atoms. The summed E-state index contributed by atoms with van der Waals surface area (Å²) in [6.07, 6.45) is 4.29. The summed E-state index contributed by atoms with van der Waals surface area (Å²) in [4.78, 5) is 28.1. The number of nitrogens with one attached hydrogen (secondary N) is 1. The first-order chi connectivity index (χ1) is 16.6. The number of aryl methyl sites for hydroxylation is 1. The van der Waals surface area contributed by atoms with Crippen molar-refractivity contribution in [3.8, 4) is 0 Å². The van der Waals surface area contributed by atoms with Crippen LogP contribution in [0.15, 0.2) is 53.4 Å². The standard InChI is InChI=1S/C26H34FN3O4S/c1-4-24(26(32)28-22-7-5-6-8-22)30(17-20-11-13-21(27)14-12-20)25(31)18-29(3)35(33,34)23-15-9-19(2)10-16-23/h9-16,22,24H,4-8,17-18H2,1-3H3,(H,28,32). The number of hydrogen-bond acceptors (Lipinski definition) is 4. The molecule has 190 valence electrons. The van der Waals surface area contributed by atoms with Gasteiger partial charge in [0.2, 0.25) is 21.8 Å². The number of halogens is 1. The van der Waals surface area contributed by atoms with Crippen LogP contribution in [-0.2, 0) is 26.2 Å². The summed E-state index contributed by atoms with van der Waals surface area (Å²) >= 11 is 0. The summed E-state index contributed by atoms with van der Waals surface area (Å²) in [6.45, 7) is 3.31. The summed E-state index contributed by atoms with van der Waals surface area (Å²) in [7, 11) is -2.55. The molecular formula is C26H34FN3O4S. The van der Waals surface area contributed by atoms with Gasteiger partial charge in [0.15, 0.2) is 0 Å². The van der Waals surface area contributed by atoms with Gasteiger partial charge in [-0.05, 0) is 56.0 Å². The predicted octanol–water partition coefficient (Wildman–Crippen LogP) is 3.62. The molecule has 0 aliphatic heterocycles. The van der Waals surface area contributed by atoms with E-state index in [2.05, 4.69) is 5.32 Å². The maximum Gasteiger partial charge on any atom is 0.243 e. The van der Waals surface area contributed by atoms with E-state index in [9.17, 15) is 22.4 Å². The van der Waals surface area contributed by atoms with E-state index in [0.29, 0.717) is 12.0 Å². The first-order valence-electron chi connectivity index (χ1n) is 12.0. The highest BCUT2D eigenvalue weighted by molar-refractivity contribution is 7.89. The molecule has 0 radical (unpaired) electrons. The number of rotatable bonds is 10. The Hall–Kier alpha value is -2.78. The van der Waals surface area contributed by atoms with Crippen LogP contribution in [0.2, 0.25) is 0 Å². The highest BCUT2D eigenvalue weighted by atomic mass is 32.2. The lowest BCUT2D eigenvalue weighted by atomic mass is 10.1. The topological polar surface area (TPSA) is 86.8 Å². The maximum absolute atomic E-state index is 13.5. The van der Waals surface area contributed by atoms with Crippen LogP contribution in [0, 0.1) is 12.7 Å². The first kappa shape index (κ1) is 26.8. The van der Waals surface area contributed by atoms with Gasteiger partial charge in [0.1, 0.15) is 11.9 Å². The van der Waals surface area contributed by atoms with Crippen LogP contribution < -0.4 is 5.32 Å². The lowest BCUT2D eigenvalue weighted by molar-refractivity contribution is -0.141. The van der Waals surface area contributed by atoms with Gasteiger partial charge in [0.25, 0.3) is 0 Å². The molecule has 7 nitrogen and oxygen atoms in total. The van der Waals surface area contributed by atoms with E-state index in [1.807, 2.05) is 13.8 Å². The van der Waals surface area contributed by atoms with Gasteiger partial charge in [-0.25, -0.2) is 12.8 Å². The van der Waals surface area contributed by atoms with Crippen LogP contribution in [0.1, 0.15) is 50.2 Å². The van der Waals surface area contributed by atoms with Crippen LogP contribution in [0.4, 0.5) is 4.39 Å². The number of carbonyl (C=O) groups is 2. The Kier molecular flexibility index (Phi) is 9.02. The van der Waals surface area contributed by atoms with Gasteiger partial charge >= 0.3 is 0 Å². The molecule has 35 heavy (non-hydrogen) atoms. The minimum Gasteiger partial charge on any atom is -0.352 e. The van der Waals surface area contributed by atoms with E-state index in [-0.39, 0.29) is 23.4 Å². The maximum atomic E-state index is 13.5. The van der Waals surface area contributed by atoms with E-state index < -0.39 is 34.3 Å². The largest absolute Gasteiger partial charge is 0.352 e. The van der Waals surface area contributed by atoms with E-state index >= 15 is 0 Å². The predicted molar refractivity (Wildman–Crippen MR) is 132 cm³/mol. The number of likely N-dealkylation sites (N-methyl/N-ethyl adjacent to an activating group) is 1. The van der Waals surface area contributed by atoms with Crippen LogP contribution in [0.5, 0.6) is 0 Å². The zero-order chi connectivity index (χ0) is 25.6. The van der Waals surface area contributed by atoms with Crippen molar-refractivity contribution in [2.75, 3.05) is 13.6 Å². The Labute approximate surface area is 207 Å². The smallest absolute Gasteiger partial charge is 0.243 e. The van der Waals surface area contributed by atoms with E-state index in [1.165, 1.54) is 36.2 Å². The van der Waals surface area contributed by atoms with Gasteiger partial charge in [0, 0.05) is 19.6 Å². The Balaban J connectivity index is 1.83. The molecule has 0 saturated heterocycles. The Morgan fingerprint density at radius 1 is 1.06 bits per heavy atom. The third-order valence-electron chi connectivity index (χ3n) is 6.44. The van der Waals surface area contributed by atoms with Crippen molar-refractivity contribution in [2.45, 2.75) is 69.5 Å². The monoisotopic (exact) mass is 503 g/mol.